The van der Waals surface area contributed by atoms with Gasteiger partial charge in [0.25, 0.3) is 5.91 Å². The van der Waals surface area contributed by atoms with Gasteiger partial charge in [0.1, 0.15) is 5.75 Å². The number of carbonyl (C=O) groups excluding carboxylic acids is 1. The number of rotatable bonds is 8. The Labute approximate surface area is 172 Å². The number of para-hydroxylation sites is 1. The molecule has 0 aliphatic carbocycles. The van der Waals surface area contributed by atoms with Crippen LogP contribution in [0.15, 0.2) is 42.5 Å². The summed E-state index contributed by atoms with van der Waals surface area (Å²) in [5.41, 5.74) is 1.64. The molecule has 1 atom stereocenters. The first-order valence-electron chi connectivity index (χ1n) is 10.0. The van der Waals surface area contributed by atoms with Crippen molar-refractivity contribution in [2.24, 2.45) is 0 Å². The molecule has 1 aliphatic heterocycles. The molecule has 6 nitrogen and oxygen atoms in total. The van der Waals surface area contributed by atoms with E-state index in [1.54, 1.807) is 33.5 Å². The average Bonchev–Trinajstić information content (AvgIpc) is 2.79. The van der Waals surface area contributed by atoms with Crippen molar-refractivity contribution in [2.75, 3.05) is 41.0 Å². The summed E-state index contributed by atoms with van der Waals surface area (Å²) in [6, 6.07) is 13.3. The number of likely N-dealkylation sites (tertiary alicyclic amines) is 1. The van der Waals surface area contributed by atoms with Crippen LogP contribution in [0.1, 0.15) is 41.2 Å². The Morgan fingerprint density at radius 2 is 1.62 bits per heavy atom. The number of nitrogens with zero attached hydrogens (tertiary/aromatic N) is 1. The van der Waals surface area contributed by atoms with Gasteiger partial charge in [-0.25, -0.2) is 0 Å². The van der Waals surface area contributed by atoms with Gasteiger partial charge in [-0.1, -0.05) is 24.6 Å². The molecule has 1 unspecified atom stereocenters. The van der Waals surface area contributed by atoms with Gasteiger partial charge in [0.15, 0.2) is 11.5 Å². The third kappa shape index (κ3) is 5.01. The van der Waals surface area contributed by atoms with Gasteiger partial charge in [-0.05, 0) is 55.8 Å². The number of hydrogen-bond donors (Lipinski definition) is 1. The fourth-order valence-electron chi connectivity index (χ4n) is 3.86. The molecule has 1 N–H and O–H groups in total. The van der Waals surface area contributed by atoms with Gasteiger partial charge in [0.2, 0.25) is 0 Å². The smallest absolute Gasteiger partial charge is 0.255 e. The summed E-state index contributed by atoms with van der Waals surface area (Å²) in [5.74, 6) is 1.84. The lowest BCUT2D eigenvalue weighted by Crippen LogP contribution is -2.40. The molecular weight excluding hydrogens is 368 g/mol. The molecule has 3 rings (SSSR count). The zero-order chi connectivity index (χ0) is 20.6. The van der Waals surface area contributed by atoms with Crippen LogP contribution in [0.3, 0.4) is 0 Å². The zero-order valence-electron chi connectivity index (χ0n) is 17.4. The summed E-state index contributed by atoms with van der Waals surface area (Å²) in [6.45, 7) is 2.54. The first kappa shape index (κ1) is 21.0. The minimum absolute atomic E-state index is 0.0637. The molecule has 1 amide bonds. The molecule has 1 fully saturated rings. The van der Waals surface area contributed by atoms with Gasteiger partial charge in [0.05, 0.1) is 32.9 Å². The predicted molar refractivity (Wildman–Crippen MR) is 113 cm³/mol. The summed E-state index contributed by atoms with van der Waals surface area (Å²) in [4.78, 5) is 15.2. The first-order valence-corrected chi connectivity index (χ1v) is 10.0. The maximum atomic E-state index is 12.8. The highest BCUT2D eigenvalue weighted by atomic mass is 16.5. The van der Waals surface area contributed by atoms with Crippen LogP contribution in [0.5, 0.6) is 17.2 Å². The molecule has 156 valence electrons. The minimum Gasteiger partial charge on any atom is -0.496 e. The number of carbonyl (C=O) groups is 1. The van der Waals surface area contributed by atoms with Crippen LogP contribution in [0.25, 0.3) is 0 Å². The molecule has 0 bridgehead atoms. The third-order valence-corrected chi connectivity index (χ3v) is 5.43. The van der Waals surface area contributed by atoms with Crippen molar-refractivity contribution in [3.8, 4) is 17.2 Å². The van der Waals surface area contributed by atoms with E-state index in [-0.39, 0.29) is 11.9 Å². The number of methoxy groups -OCH3 is 3. The maximum Gasteiger partial charge on any atom is 0.255 e. The van der Waals surface area contributed by atoms with Crippen molar-refractivity contribution in [3.05, 3.63) is 53.6 Å². The molecule has 1 aliphatic rings. The molecule has 0 spiro atoms. The lowest BCUT2D eigenvalue weighted by atomic mass is 10.0. The molecule has 0 saturated carbocycles. The van der Waals surface area contributed by atoms with Crippen molar-refractivity contribution in [2.45, 2.75) is 25.3 Å². The fourth-order valence-corrected chi connectivity index (χ4v) is 3.86. The van der Waals surface area contributed by atoms with E-state index in [0.717, 1.165) is 18.7 Å². The topological polar surface area (TPSA) is 60.0 Å². The van der Waals surface area contributed by atoms with Crippen LogP contribution in [0.4, 0.5) is 0 Å². The van der Waals surface area contributed by atoms with Crippen LogP contribution in [0.2, 0.25) is 0 Å². The summed E-state index contributed by atoms with van der Waals surface area (Å²) < 4.78 is 16.2. The number of hydrogen-bond acceptors (Lipinski definition) is 5. The Balaban J connectivity index is 1.82. The van der Waals surface area contributed by atoms with Crippen LogP contribution >= 0.6 is 0 Å². The highest BCUT2D eigenvalue weighted by molar-refractivity contribution is 5.96. The highest BCUT2D eigenvalue weighted by Gasteiger charge is 2.24. The van der Waals surface area contributed by atoms with Crippen LogP contribution < -0.4 is 19.5 Å². The third-order valence-electron chi connectivity index (χ3n) is 5.43. The van der Waals surface area contributed by atoms with Crippen molar-refractivity contribution >= 4 is 5.91 Å². The maximum absolute atomic E-state index is 12.8. The van der Waals surface area contributed by atoms with Crippen molar-refractivity contribution in [1.29, 1.82) is 0 Å². The minimum atomic E-state index is -0.134. The average molecular weight is 399 g/mol. The summed E-state index contributed by atoms with van der Waals surface area (Å²) in [7, 11) is 4.85. The van der Waals surface area contributed by atoms with E-state index in [1.165, 1.54) is 19.3 Å². The molecule has 0 aromatic heterocycles. The lowest BCUT2D eigenvalue weighted by molar-refractivity contribution is 0.0921. The van der Waals surface area contributed by atoms with Crippen LogP contribution in [-0.4, -0.2) is 51.8 Å². The summed E-state index contributed by atoms with van der Waals surface area (Å²) in [6.07, 6.45) is 3.59. The van der Waals surface area contributed by atoms with Crippen LogP contribution in [0, 0.1) is 0 Å². The largest absolute Gasteiger partial charge is 0.496 e. The van der Waals surface area contributed by atoms with E-state index in [0.29, 0.717) is 29.4 Å². The Bertz CT molecular complexity index is 818. The van der Waals surface area contributed by atoms with Gasteiger partial charge in [-0.15, -0.1) is 0 Å². The van der Waals surface area contributed by atoms with Gasteiger partial charge in [0, 0.05) is 6.54 Å². The molecule has 2 aromatic carbocycles. The van der Waals surface area contributed by atoms with Gasteiger partial charge in [-0.3, -0.25) is 9.69 Å². The van der Waals surface area contributed by atoms with Gasteiger partial charge < -0.3 is 19.5 Å². The number of benzene rings is 2. The fraction of sp³-hybridized carbons (Fsp3) is 0.435. The normalized spacial score (nSPS) is 15.4. The van der Waals surface area contributed by atoms with E-state index in [1.807, 2.05) is 24.3 Å². The quantitative estimate of drug-likeness (QED) is 0.735. The second-order valence-electron chi connectivity index (χ2n) is 7.14. The van der Waals surface area contributed by atoms with E-state index >= 15 is 0 Å². The Morgan fingerprint density at radius 1 is 0.931 bits per heavy atom. The Hall–Kier alpha value is -2.73. The number of piperidine rings is 1. The van der Waals surface area contributed by atoms with E-state index < -0.39 is 0 Å². The SMILES string of the molecule is COc1ccc(C(CNC(=O)c2ccccc2OC)N2CCCCC2)cc1OC. The predicted octanol–water partition coefficient (Wildman–Crippen LogP) is 3.67. The number of nitrogens with one attached hydrogen (secondary N) is 1. The Kier molecular flexibility index (Phi) is 7.36. The summed E-state index contributed by atoms with van der Waals surface area (Å²) >= 11 is 0. The molecule has 1 heterocycles. The second-order valence-corrected chi connectivity index (χ2v) is 7.14. The molecule has 1 saturated heterocycles. The van der Waals surface area contributed by atoms with E-state index in [4.69, 9.17) is 14.2 Å². The van der Waals surface area contributed by atoms with Crippen LogP contribution in [-0.2, 0) is 0 Å². The molecule has 0 radical (unpaired) electrons. The molecule has 6 heteroatoms. The molecule has 29 heavy (non-hydrogen) atoms. The Morgan fingerprint density at radius 3 is 2.31 bits per heavy atom. The van der Waals surface area contributed by atoms with Gasteiger partial charge >= 0.3 is 0 Å². The van der Waals surface area contributed by atoms with Gasteiger partial charge in [-0.2, -0.15) is 0 Å². The van der Waals surface area contributed by atoms with Crippen molar-refractivity contribution in [1.82, 2.24) is 10.2 Å². The monoisotopic (exact) mass is 398 g/mol. The molecular formula is C23H30N2O4. The summed E-state index contributed by atoms with van der Waals surface area (Å²) in [5, 5.41) is 3.10. The van der Waals surface area contributed by atoms with E-state index in [2.05, 4.69) is 16.3 Å². The number of amides is 1. The van der Waals surface area contributed by atoms with E-state index in [9.17, 15) is 4.79 Å². The standard InChI is InChI=1S/C23H30N2O4/c1-27-20-10-6-5-9-18(20)23(26)24-16-19(25-13-7-4-8-14-25)17-11-12-21(28-2)22(15-17)29-3/h5-6,9-12,15,19H,4,7-8,13-14,16H2,1-3H3,(H,24,26). The zero-order valence-corrected chi connectivity index (χ0v) is 17.4. The highest BCUT2D eigenvalue weighted by Crippen LogP contribution is 2.33. The second kappa shape index (κ2) is 10.2. The first-order chi connectivity index (χ1) is 14.2. The van der Waals surface area contributed by atoms with Crippen molar-refractivity contribution in [3.63, 3.8) is 0 Å². The van der Waals surface area contributed by atoms with Crippen molar-refractivity contribution < 1.29 is 19.0 Å². The molecule has 2 aromatic rings. The number of ether oxygens (including phenoxy) is 3. The lowest BCUT2D eigenvalue weighted by Gasteiger charge is -2.35.